The first-order chi connectivity index (χ1) is 30.4. The molecule has 0 bridgehead atoms. The second kappa shape index (κ2) is 17.4. The van der Waals surface area contributed by atoms with Crippen LogP contribution in [0.15, 0.2) is 72.9 Å². The van der Waals surface area contributed by atoms with Gasteiger partial charge in [-0.25, -0.2) is 9.97 Å². The summed E-state index contributed by atoms with van der Waals surface area (Å²) >= 11 is 6.31. The molecule has 1 atom stereocenters. The van der Waals surface area contributed by atoms with E-state index in [1.807, 2.05) is 42.6 Å². The maximum Gasteiger partial charge on any atom is 0.262 e. The number of ether oxygens (including phenoxy) is 1. The lowest BCUT2D eigenvalue weighted by Crippen LogP contribution is -2.54. The number of imide groups is 2. The first-order valence-electron chi connectivity index (χ1n) is 22.2. The number of amides is 4. The summed E-state index contributed by atoms with van der Waals surface area (Å²) in [6.45, 7) is 11.6. The van der Waals surface area contributed by atoms with E-state index in [1.165, 1.54) is 12.8 Å². The molecule has 6 heterocycles. The van der Waals surface area contributed by atoms with Gasteiger partial charge in [0, 0.05) is 61.5 Å². The molecular weight excluding hydrogens is 816 g/mol. The van der Waals surface area contributed by atoms with Gasteiger partial charge in [-0.15, -0.1) is 0 Å². The SMILES string of the molecule is CC(C)(c1ccc(OCc2ccnc(N3CCC4(CCN(CC5CCN(c6ccc7c(c6)C(=O)N(C6CCC(=O)NC6=O)C7=O)CC5)CC4)CC3)n2)cc1)c1cc(Cl)cc(C#N)c1. The zero-order chi connectivity index (χ0) is 43.9. The van der Waals surface area contributed by atoms with Crippen molar-refractivity contribution < 1.29 is 23.9 Å². The number of benzene rings is 3. The van der Waals surface area contributed by atoms with Crippen molar-refractivity contribution in [2.75, 3.05) is 55.6 Å². The Morgan fingerprint density at radius 1 is 0.825 bits per heavy atom. The van der Waals surface area contributed by atoms with Gasteiger partial charge in [-0.05, 0) is 135 Å². The fraction of sp³-hybridized carbons (Fsp3) is 0.449. The molecule has 14 heteroatoms. The Morgan fingerprint density at radius 2 is 1.54 bits per heavy atom. The quantitative estimate of drug-likeness (QED) is 0.166. The van der Waals surface area contributed by atoms with E-state index in [0.717, 1.165) is 111 Å². The number of nitriles is 1. The average Bonchev–Trinajstić information content (AvgIpc) is 3.54. The fourth-order valence-corrected chi connectivity index (χ4v) is 10.4. The molecule has 0 saturated carbocycles. The fourth-order valence-electron chi connectivity index (χ4n) is 10.2. The molecule has 4 amide bonds. The molecule has 13 nitrogen and oxygen atoms in total. The summed E-state index contributed by atoms with van der Waals surface area (Å²) in [5.74, 6) is 0.211. The maximum atomic E-state index is 13.4. The predicted octanol–water partition coefficient (Wildman–Crippen LogP) is 6.91. The molecule has 9 rings (SSSR count). The minimum Gasteiger partial charge on any atom is -0.487 e. The number of hydrogen-bond acceptors (Lipinski definition) is 11. The van der Waals surface area contributed by atoms with Crippen LogP contribution >= 0.6 is 11.6 Å². The summed E-state index contributed by atoms with van der Waals surface area (Å²) in [4.78, 5) is 68.5. The van der Waals surface area contributed by atoms with Gasteiger partial charge in [0.1, 0.15) is 18.4 Å². The van der Waals surface area contributed by atoms with Crippen LogP contribution in [0.25, 0.3) is 0 Å². The van der Waals surface area contributed by atoms with Crippen LogP contribution in [0.5, 0.6) is 5.75 Å². The lowest BCUT2D eigenvalue weighted by molar-refractivity contribution is -0.136. The highest BCUT2D eigenvalue weighted by atomic mass is 35.5. The number of rotatable bonds is 10. The smallest absolute Gasteiger partial charge is 0.262 e. The Morgan fingerprint density at radius 3 is 2.25 bits per heavy atom. The van der Waals surface area contributed by atoms with Crippen molar-refractivity contribution >= 4 is 46.9 Å². The Hall–Kier alpha value is -5.84. The molecule has 1 unspecified atom stereocenters. The average molecular weight is 869 g/mol. The number of halogens is 1. The van der Waals surface area contributed by atoms with Gasteiger partial charge in [-0.3, -0.25) is 29.4 Å². The zero-order valence-electron chi connectivity index (χ0n) is 35.9. The summed E-state index contributed by atoms with van der Waals surface area (Å²) in [7, 11) is 0. The van der Waals surface area contributed by atoms with Gasteiger partial charge in [-0.1, -0.05) is 37.6 Å². The number of aromatic nitrogens is 2. The molecule has 4 fully saturated rings. The van der Waals surface area contributed by atoms with E-state index in [0.29, 0.717) is 39.7 Å². The monoisotopic (exact) mass is 868 g/mol. The van der Waals surface area contributed by atoms with Gasteiger partial charge in [-0.2, -0.15) is 5.26 Å². The molecule has 326 valence electrons. The zero-order valence-corrected chi connectivity index (χ0v) is 36.7. The molecule has 5 aliphatic heterocycles. The number of nitrogens with one attached hydrogen (secondary N) is 1. The van der Waals surface area contributed by atoms with E-state index in [4.69, 9.17) is 21.3 Å². The predicted molar refractivity (Wildman–Crippen MR) is 239 cm³/mol. The number of carbonyl (C=O) groups excluding carboxylic acids is 4. The van der Waals surface area contributed by atoms with E-state index in [-0.39, 0.29) is 24.2 Å². The van der Waals surface area contributed by atoms with Crippen molar-refractivity contribution in [3.05, 3.63) is 111 Å². The molecule has 63 heavy (non-hydrogen) atoms. The van der Waals surface area contributed by atoms with Crippen LogP contribution < -0.4 is 19.9 Å². The van der Waals surface area contributed by atoms with E-state index < -0.39 is 23.8 Å². The summed E-state index contributed by atoms with van der Waals surface area (Å²) in [5.41, 5.74) is 5.04. The van der Waals surface area contributed by atoms with Crippen LogP contribution in [0, 0.1) is 22.7 Å². The number of fused-ring (bicyclic) bond motifs is 1. The summed E-state index contributed by atoms with van der Waals surface area (Å²) in [6, 6.07) is 22.1. The molecule has 0 radical (unpaired) electrons. The van der Waals surface area contributed by atoms with Gasteiger partial charge < -0.3 is 19.4 Å². The van der Waals surface area contributed by atoms with Crippen LogP contribution in [0.1, 0.15) is 108 Å². The number of anilines is 2. The van der Waals surface area contributed by atoms with Gasteiger partial charge in [0.25, 0.3) is 11.8 Å². The molecular formula is C49H53ClN8O5. The van der Waals surface area contributed by atoms with Crippen LogP contribution in [0.2, 0.25) is 5.02 Å². The Balaban J connectivity index is 0.715. The van der Waals surface area contributed by atoms with Crippen LogP contribution in [-0.2, 0) is 21.6 Å². The summed E-state index contributed by atoms with van der Waals surface area (Å²) in [6.07, 6.45) is 8.90. The van der Waals surface area contributed by atoms with E-state index >= 15 is 0 Å². The topological polar surface area (TPSA) is 152 Å². The number of nitrogens with zero attached hydrogens (tertiary/aromatic N) is 7. The molecule has 1 spiro atoms. The van der Waals surface area contributed by atoms with Crippen LogP contribution in [0.4, 0.5) is 11.6 Å². The van der Waals surface area contributed by atoms with E-state index in [2.05, 4.69) is 57.0 Å². The second-order valence-electron chi connectivity index (χ2n) is 18.5. The standard InChI is InChI=1S/C49H53ClN8O5/c1-48(2,35-25-33(29-51)26-36(50)27-35)34-3-6-39(7-4-34)63-31-37-11-18-52-47(53-37)57-23-16-49(17-24-57)14-21-55(22-15-49)30-32-12-19-56(20-13-32)38-5-8-40-41(28-38)46(62)58(45(40)61)42-9-10-43(59)54-44(42)60/h3-8,11,18,25-28,32,42H,9-10,12-17,19-24,30-31H2,1-2H3,(H,54,59,60). The highest BCUT2D eigenvalue weighted by molar-refractivity contribution is 6.30. The molecule has 1 aromatic heterocycles. The molecule has 4 saturated heterocycles. The molecule has 1 N–H and O–H groups in total. The summed E-state index contributed by atoms with van der Waals surface area (Å²) in [5, 5.41) is 12.2. The van der Waals surface area contributed by atoms with Crippen molar-refractivity contribution in [1.29, 1.82) is 5.26 Å². The molecule has 3 aromatic carbocycles. The molecule has 4 aromatic rings. The Labute approximate surface area is 373 Å². The first kappa shape index (κ1) is 42.5. The third kappa shape index (κ3) is 8.76. The van der Waals surface area contributed by atoms with E-state index in [9.17, 15) is 24.4 Å². The highest BCUT2D eigenvalue weighted by Gasteiger charge is 2.45. The lowest BCUT2D eigenvalue weighted by atomic mass is 9.71. The largest absolute Gasteiger partial charge is 0.487 e. The van der Waals surface area contributed by atoms with Crippen molar-refractivity contribution in [1.82, 2.24) is 25.1 Å². The third-order valence-corrected chi connectivity index (χ3v) is 14.6. The minimum atomic E-state index is -0.961. The van der Waals surface area contributed by atoms with Crippen LogP contribution in [0.3, 0.4) is 0 Å². The first-order valence-corrected chi connectivity index (χ1v) is 22.6. The minimum absolute atomic E-state index is 0.102. The number of piperidine rings is 4. The number of carbonyl (C=O) groups is 4. The van der Waals surface area contributed by atoms with Gasteiger partial charge in [0.2, 0.25) is 17.8 Å². The Bertz CT molecular complexity index is 2460. The van der Waals surface area contributed by atoms with Gasteiger partial charge >= 0.3 is 0 Å². The molecule has 5 aliphatic rings. The lowest BCUT2D eigenvalue weighted by Gasteiger charge is -2.47. The molecule has 0 aliphatic carbocycles. The number of hydrogen-bond donors (Lipinski definition) is 1. The van der Waals surface area contributed by atoms with Crippen molar-refractivity contribution in [3.63, 3.8) is 0 Å². The van der Waals surface area contributed by atoms with E-state index in [1.54, 1.807) is 18.2 Å². The number of likely N-dealkylation sites (tertiary alicyclic amines) is 1. The Kier molecular flexibility index (Phi) is 11.7. The van der Waals surface area contributed by atoms with Crippen molar-refractivity contribution in [2.24, 2.45) is 11.3 Å². The van der Waals surface area contributed by atoms with Crippen molar-refractivity contribution in [3.8, 4) is 11.8 Å². The van der Waals surface area contributed by atoms with Crippen LogP contribution in [-0.4, -0.2) is 95.3 Å². The van der Waals surface area contributed by atoms with Gasteiger partial charge in [0.05, 0.1) is 28.5 Å². The highest BCUT2D eigenvalue weighted by Crippen LogP contribution is 2.42. The van der Waals surface area contributed by atoms with Crippen molar-refractivity contribution in [2.45, 2.75) is 83.3 Å². The van der Waals surface area contributed by atoms with Gasteiger partial charge in [0.15, 0.2) is 0 Å². The normalized spacial score (nSPS) is 20.8. The summed E-state index contributed by atoms with van der Waals surface area (Å²) < 4.78 is 6.17. The second-order valence-corrected chi connectivity index (χ2v) is 19.0. The third-order valence-electron chi connectivity index (χ3n) is 14.4. The maximum absolute atomic E-state index is 13.4.